The molecule has 2 N–H and O–H groups in total. The van der Waals surface area contributed by atoms with Crippen LogP contribution in [0.2, 0.25) is 0 Å². The number of benzene rings is 1. The summed E-state index contributed by atoms with van der Waals surface area (Å²) in [6.45, 7) is 2.93. The van der Waals surface area contributed by atoms with Crippen molar-refractivity contribution in [2.45, 2.75) is 32.2 Å². The number of likely N-dealkylation sites (tertiary alicyclic amines) is 1. The van der Waals surface area contributed by atoms with Gasteiger partial charge in [-0.05, 0) is 37.7 Å². The van der Waals surface area contributed by atoms with Crippen molar-refractivity contribution in [1.29, 1.82) is 5.26 Å². The van der Waals surface area contributed by atoms with Crippen LogP contribution >= 0.6 is 0 Å². The van der Waals surface area contributed by atoms with Crippen molar-refractivity contribution in [3.63, 3.8) is 0 Å². The van der Waals surface area contributed by atoms with Crippen molar-refractivity contribution in [3.05, 3.63) is 47.7 Å². The lowest BCUT2D eigenvalue weighted by atomic mass is 9.90. The molecular formula is C19H23N3O3. The Hall–Kier alpha value is -2.81. The van der Waals surface area contributed by atoms with Gasteiger partial charge in [-0.2, -0.15) is 5.26 Å². The third-order valence-electron chi connectivity index (χ3n) is 4.41. The molecule has 6 heteroatoms. The molecule has 1 fully saturated rings. The average molecular weight is 341 g/mol. The van der Waals surface area contributed by atoms with Crippen LogP contribution in [0.25, 0.3) is 0 Å². The lowest BCUT2D eigenvalue weighted by molar-refractivity contribution is -0.140. The molecule has 1 aromatic carbocycles. The number of nitrogens with zero attached hydrogens (tertiary/aromatic N) is 2. The number of carbonyl (C=O) groups excluding carboxylic acids is 1. The molecule has 1 atom stereocenters. The maximum Gasteiger partial charge on any atom is 0.325 e. The first kappa shape index (κ1) is 18.5. The molecule has 132 valence electrons. The van der Waals surface area contributed by atoms with Gasteiger partial charge < -0.3 is 15.3 Å². The zero-order valence-corrected chi connectivity index (χ0v) is 14.3. The molecule has 1 unspecified atom stereocenters. The molecular weight excluding hydrogens is 318 g/mol. The first-order valence-corrected chi connectivity index (χ1v) is 8.43. The van der Waals surface area contributed by atoms with Crippen LogP contribution in [0.4, 0.5) is 0 Å². The number of amides is 1. The Kier molecular flexibility index (Phi) is 6.58. The molecule has 1 aliphatic rings. The van der Waals surface area contributed by atoms with E-state index in [0.717, 1.165) is 32.4 Å². The van der Waals surface area contributed by atoms with Crippen LogP contribution in [0.3, 0.4) is 0 Å². The fourth-order valence-electron chi connectivity index (χ4n) is 2.89. The van der Waals surface area contributed by atoms with Crippen LogP contribution < -0.4 is 5.32 Å². The van der Waals surface area contributed by atoms with Gasteiger partial charge in [0.25, 0.3) is 5.91 Å². The standard InChI is InChI=1S/C19H23N3O3/c1-14(19(24)25)21-18(23)17(12-20)13-22-9-7-16(8-10-22)11-15-5-3-2-4-6-15/h2-6,13-14,16H,7-11H2,1H3,(H,21,23)(H,24,25)/b17-13-. The number of rotatable bonds is 6. The van der Waals surface area contributed by atoms with Gasteiger partial charge in [0.15, 0.2) is 0 Å². The Morgan fingerprint density at radius 1 is 1.36 bits per heavy atom. The Balaban J connectivity index is 1.88. The van der Waals surface area contributed by atoms with E-state index in [2.05, 4.69) is 17.4 Å². The van der Waals surface area contributed by atoms with E-state index in [1.165, 1.54) is 12.5 Å². The van der Waals surface area contributed by atoms with E-state index in [9.17, 15) is 14.9 Å². The van der Waals surface area contributed by atoms with E-state index >= 15 is 0 Å². The summed E-state index contributed by atoms with van der Waals surface area (Å²) < 4.78 is 0. The monoisotopic (exact) mass is 341 g/mol. The molecule has 0 aliphatic carbocycles. The van der Waals surface area contributed by atoms with Gasteiger partial charge in [0.1, 0.15) is 17.7 Å². The van der Waals surface area contributed by atoms with E-state index in [0.29, 0.717) is 5.92 Å². The van der Waals surface area contributed by atoms with Crippen molar-refractivity contribution >= 4 is 11.9 Å². The molecule has 1 aromatic rings. The van der Waals surface area contributed by atoms with Gasteiger partial charge in [0.2, 0.25) is 0 Å². The summed E-state index contributed by atoms with van der Waals surface area (Å²) in [5.41, 5.74) is 1.27. The highest BCUT2D eigenvalue weighted by molar-refractivity contribution is 5.99. The second-order valence-corrected chi connectivity index (χ2v) is 6.36. The lowest BCUT2D eigenvalue weighted by Gasteiger charge is -2.31. The lowest BCUT2D eigenvalue weighted by Crippen LogP contribution is -2.39. The minimum Gasteiger partial charge on any atom is -0.480 e. The smallest absolute Gasteiger partial charge is 0.325 e. The Morgan fingerprint density at radius 2 is 2.00 bits per heavy atom. The minimum absolute atomic E-state index is 0.0605. The largest absolute Gasteiger partial charge is 0.480 e. The van der Waals surface area contributed by atoms with Crippen LogP contribution in [0.5, 0.6) is 0 Å². The SMILES string of the molecule is CC(NC(=O)/C(C#N)=C\N1CCC(Cc2ccccc2)CC1)C(=O)O. The van der Waals surface area contributed by atoms with E-state index < -0.39 is 17.9 Å². The van der Waals surface area contributed by atoms with E-state index in [-0.39, 0.29) is 5.57 Å². The number of piperidine rings is 1. The number of hydrogen-bond donors (Lipinski definition) is 2. The number of carboxylic acid groups (broad SMARTS) is 1. The first-order chi connectivity index (χ1) is 12.0. The number of carboxylic acids is 1. The van der Waals surface area contributed by atoms with Crippen molar-refractivity contribution in [2.24, 2.45) is 5.92 Å². The molecule has 25 heavy (non-hydrogen) atoms. The number of carbonyl (C=O) groups is 2. The zero-order chi connectivity index (χ0) is 18.2. The molecule has 2 rings (SSSR count). The molecule has 1 heterocycles. The highest BCUT2D eigenvalue weighted by Gasteiger charge is 2.21. The summed E-state index contributed by atoms with van der Waals surface area (Å²) in [6, 6.07) is 11.2. The van der Waals surface area contributed by atoms with Crippen LogP contribution in [0.15, 0.2) is 42.1 Å². The highest BCUT2D eigenvalue weighted by Crippen LogP contribution is 2.22. The molecule has 0 aromatic heterocycles. The summed E-state index contributed by atoms with van der Waals surface area (Å²) in [5.74, 6) is -1.19. The van der Waals surface area contributed by atoms with Crippen LogP contribution in [0.1, 0.15) is 25.3 Å². The van der Waals surface area contributed by atoms with Crippen LogP contribution in [-0.4, -0.2) is 41.0 Å². The summed E-state index contributed by atoms with van der Waals surface area (Å²) in [5, 5.41) is 20.3. The second-order valence-electron chi connectivity index (χ2n) is 6.36. The van der Waals surface area contributed by atoms with Crippen LogP contribution in [-0.2, 0) is 16.0 Å². The Labute approximate surface area is 147 Å². The van der Waals surface area contributed by atoms with Gasteiger partial charge in [0.05, 0.1) is 0 Å². The fourth-order valence-corrected chi connectivity index (χ4v) is 2.89. The van der Waals surface area contributed by atoms with Crippen LogP contribution in [0, 0.1) is 17.2 Å². The third kappa shape index (κ3) is 5.64. The summed E-state index contributed by atoms with van der Waals surface area (Å²) in [7, 11) is 0. The molecule has 1 amide bonds. The van der Waals surface area contributed by atoms with Gasteiger partial charge in [-0.1, -0.05) is 30.3 Å². The molecule has 0 saturated carbocycles. The molecule has 0 bridgehead atoms. The fraction of sp³-hybridized carbons (Fsp3) is 0.421. The topological polar surface area (TPSA) is 93.4 Å². The average Bonchev–Trinajstić information content (AvgIpc) is 2.61. The number of aliphatic carboxylic acids is 1. The maximum atomic E-state index is 12.0. The number of nitriles is 1. The minimum atomic E-state index is -1.13. The van der Waals surface area contributed by atoms with Gasteiger partial charge >= 0.3 is 5.97 Å². The Bertz CT molecular complexity index is 671. The molecule has 0 spiro atoms. The van der Waals surface area contributed by atoms with Gasteiger partial charge in [-0.3, -0.25) is 9.59 Å². The third-order valence-corrected chi connectivity index (χ3v) is 4.41. The number of hydrogen-bond acceptors (Lipinski definition) is 4. The van der Waals surface area contributed by atoms with Gasteiger partial charge in [-0.25, -0.2) is 0 Å². The van der Waals surface area contributed by atoms with Crippen molar-refractivity contribution in [1.82, 2.24) is 10.2 Å². The van der Waals surface area contributed by atoms with E-state index in [1.807, 2.05) is 29.2 Å². The molecule has 1 aliphatic heterocycles. The van der Waals surface area contributed by atoms with E-state index in [1.54, 1.807) is 6.20 Å². The molecule has 6 nitrogen and oxygen atoms in total. The summed E-state index contributed by atoms with van der Waals surface area (Å²) in [6.07, 6.45) is 4.58. The first-order valence-electron chi connectivity index (χ1n) is 8.43. The Morgan fingerprint density at radius 3 is 2.56 bits per heavy atom. The van der Waals surface area contributed by atoms with Crippen molar-refractivity contribution in [2.75, 3.05) is 13.1 Å². The highest BCUT2D eigenvalue weighted by atomic mass is 16.4. The van der Waals surface area contributed by atoms with Crippen molar-refractivity contribution < 1.29 is 14.7 Å². The van der Waals surface area contributed by atoms with Gasteiger partial charge in [0, 0.05) is 19.3 Å². The summed E-state index contributed by atoms with van der Waals surface area (Å²) in [4.78, 5) is 24.7. The predicted octanol–water partition coefficient (Wildman–Crippen LogP) is 1.94. The number of nitrogens with one attached hydrogen (secondary N) is 1. The molecule has 0 radical (unpaired) electrons. The van der Waals surface area contributed by atoms with Crippen molar-refractivity contribution in [3.8, 4) is 6.07 Å². The zero-order valence-electron chi connectivity index (χ0n) is 14.3. The van der Waals surface area contributed by atoms with Gasteiger partial charge in [-0.15, -0.1) is 0 Å². The maximum absolute atomic E-state index is 12.0. The predicted molar refractivity (Wildman–Crippen MR) is 93.4 cm³/mol. The second kappa shape index (κ2) is 8.88. The summed E-state index contributed by atoms with van der Waals surface area (Å²) >= 11 is 0. The molecule has 1 saturated heterocycles. The normalized spacial score (nSPS) is 16.8. The quantitative estimate of drug-likeness (QED) is 0.609. The van der Waals surface area contributed by atoms with E-state index in [4.69, 9.17) is 5.11 Å².